The standard InChI is InChI=1S/C27H28Cl2N4O/c1-4-32(5-2)22-13-14-33(17-22)27(34)26-18(3)25(30-31-26)21-8-6-7-19(15-21)9-10-20-11-12-23(28)24(29)16-20/h6-8,11-12,15-16,22H,4-5,13-14,17H2,1-3H3,(H,30,31). The summed E-state index contributed by atoms with van der Waals surface area (Å²) >= 11 is 12.1. The van der Waals surface area contributed by atoms with Crippen LogP contribution >= 0.6 is 23.2 Å². The summed E-state index contributed by atoms with van der Waals surface area (Å²) in [4.78, 5) is 17.6. The average molecular weight is 495 g/mol. The molecule has 1 N–H and O–H groups in total. The van der Waals surface area contributed by atoms with Gasteiger partial charge in [0.1, 0.15) is 5.69 Å². The Morgan fingerprint density at radius 3 is 2.56 bits per heavy atom. The summed E-state index contributed by atoms with van der Waals surface area (Å²) in [5.74, 6) is 6.30. The van der Waals surface area contributed by atoms with Gasteiger partial charge in [-0.2, -0.15) is 5.10 Å². The van der Waals surface area contributed by atoms with Crippen molar-refractivity contribution < 1.29 is 4.79 Å². The highest BCUT2D eigenvalue weighted by Crippen LogP contribution is 2.26. The molecule has 2 heterocycles. The zero-order valence-electron chi connectivity index (χ0n) is 19.7. The van der Waals surface area contributed by atoms with Crippen molar-refractivity contribution in [2.45, 2.75) is 33.2 Å². The van der Waals surface area contributed by atoms with Gasteiger partial charge in [-0.15, -0.1) is 0 Å². The van der Waals surface area contributed by atoms with Crippen molar-refractivity contribution in [1.82, 2.24) is 20.0 Å². The van der Waals surface area contributed by atoms with Crippen molar-refractivity contribution in [3.8, 4) is 23.1 Å². The third kappa shape index (κ3) is 5.15. The Hall–Kier alpha value is -2.78. The fourth-order valence-electron chi connectivity index (χ4n) is 4.47. The van der Waals surface area contributed by atoms with Gasteiger partial charge in [0.05, 0.1) is 15.7 Å². The van der Waals surface area contributed by atoms with E-state index in [4.69, 9.17) is 23.2 Å². The highest BCUT2D eigenvalue weighted by atomic mass is 35.5. The minimum atomic E-state index is 0.0152. The molecule has 7 heteroatoms. The number of nitrogens with zero attached hydrogens (tertiary/aromatic N) is 3. The minimum absolute atomic E-state index is 0.0152. The van der Waals surface area contributed by atoms with Gasteiger partial charge >= 0.3 is 0 Å². The molecule has 3 aromatic rings. The summed E-state index contributed by atoms with van der Waals surface area (Å²) in [5, 5.41) is 8.46. The maximum Gasteiger partial charge on any atom is 0.272 e. The average Bonchev–Trinajstić information content (AvgIpc) is 3.48. The van der Waals surface area contributed by atoms with Gasteiger partial charge in [0, 0.05) is 41.4 Å². The number of nitrogens with one attached hydrogen (secondary N) is 1. The van der Waals surface area contributed by atoms with Gasteiger partial charge in [-0.3, -0.25) is 14.8 Å². The predicted octanol–water partition coefficient (Wildman–Crippen LogP) is 5.65. The molecule has 0 saturated carbocycles. The Kier molecular flexibility index (Phi) is 7.63. The molecule has 1 fully saturated rings. The monoisotopic (exact) mass is 494 g/mol. The highest BCUT2D eigenvalue weighted by molar-refractivity contribution is 6.42. The molecule has 1 aliphatic rings. The van der Waals surface area contributed by atoms with Gasteiger partial charge < -0.3 is 4.90 Å². The third-order valence-electron chi connectivity index (χ3n) is 6.41. The zero-order valence-corrected chi connectivity index (χ0v) is 21.2. The number of hydrogen-bond acceptors (Lipinski definition) is 3. The molecule has 0 aliphatic carbocycles. The molecular formula is C27H28Cl2N4O. The number of hydrogen-bond donors (Lipinski definition) is 1. The van der Waals surface area contributed by atoms with Crippen LogP contribution in [0.1, 0.15) is 47.4 Å². The zero-order chi connectivity index (χ0) is 24.2. The van der Waals surface area contributed by atoms with Crippen molar-refractivity contribution >= 4 is 29.1 Å². The van der Waals surface area contributed by atoms with Gasteiger partial charge in [-0.1, -0.05) is 61.0 Å². The van der Waals surface area contributed by atoms with Gasteiger partial charge in [0.15, 0.2) is 0 Å². The molecule has 34 heavy (non-hydrogen) atoms. The molecule has 0 bridgehead atoms. The topological polar surface area (TPSA) is 52.2 Å². The number of halogens is 2. The first-order valence-corrected chi connectivity index (χ1v) is 12.3. The van der Waals surface area contributed by atoms with E-state index in [9.17, 15) is 4.79 Å². The molecule has 2 aromatic carbocycles. The number of benzene rings is 2. The van der Waals surface area contributed by atoms with Gasteiger partial charge in [0.2, 0.25) is 0 Å². The first-order valence-electron chi connectivity index (χ1n) is 11.6. The number of likely N-dealkylation sites (N-methyl/N-ethyl adjacent to an activating group) is 1. The van der Waals surface area contributed by atoms with Crippen LogP contribution in [0.15, 0.2) is 42.5 Å². The van der Waals surface area contributed by atoms with Crippen molar-refractivity contribution in [3.63, 3.8) is 0 Å². The Labute approximate surface area is 211 Å². The molecule has 1 amide bonds. The number of H-pyrrole nitrogens is 1. The largest absolute Gasteiger partial charge is 0.336 e. The molecule has 1 aromatic heterocycles. The van der Waals surface area contributed by atoms with E-state index >= 15 is 0 Å². The van der Waals surface area contributed by atoms with E-state index in [1.807, 2.05) is 42.2 Å². The summed E-state index contributed by atoms with van der Waals surface area (Å²) in [6.45, 7) is 9.81. The van der Waals surface area contributed by atoms with Gasteiger partial charge in [-0.05, 0) is 56.8 Å². The lowest BCUT2D eigenvalue weighted by atomic mass is 10.0. The predicted molar refractivity (Wildman–Crippen MR) is 138 cm³/mol. The molecule has 0 radical (unpaired) electrons. The number of aromatic nitrogens is 2. The van der Waals surface area contributed by atoms with E-state index in [1.54, 1.807) is 12.1 Å². The van der Waals surface area contributed by atoms with Crippen molar-refractivity contribution in [2.24, 2.45) is 0 Å². The van der Waals surface area contributed by atoms with Crippen LogP contribution in [0.25, 0.3) is 11.3 Å². The van der Waals surface area contributed by atoms with E-state index < -0.39 is 0 Å². The number of carbonyl (C=O) groups excluding carboxylic acids is 1. The molecular weight excluding hydrogens is 467 g/mol. The SMILES string of the molecule is CCN(CC)C1CCN(C(=O)c2[nH]nc(-c3cccc(C#Cc4ccc(Cl)c(Cl)c4)c3)c2C)C1. The van der Waals surface area contributed by atoms with Crippen molar-refractivity contribution in [3.05, 3.63) is 74.9 Å². The fourth-order valence-corrected chi connectivity index (χ4v) is 4.77. The Morgan fingerprint density at radius 2 is 1.85 bits per heavy atom. The molecule has 1 atom stereocenters. The number of carbonyl (C=O) groups is 1. The van der Waals surface area contributed by atoms with E-state index in [0.29, 0.717) is 21.8 Å². The van der Waals surface area contributed by atoms with Crippen molar-refractivity contribution in [2.75, 3.05) is 26.2 Å². The van der Waals surface area contributed by atoms with Crippen LogP contribution < -0.4 is 0 Å². The van der Waals surface area contributed by atoms with Crippen molar-refractivity contribution in [1.29, 1.82) is 0 Å². The first kappa shape index (κ1) is 24.3. The molecule has 4 rings (SSSR count). The van der Waals surface area contributed by atoms with Crippen LogP contribution in [0.4, 0.5) is 0 Å². The highest BCUT2D eigenvalue weighted by Gasteiger charge is 2.31. The van der Waals surface area contributed by atoms with Gasteiger partial charge in [0.25, 0.3) is 5.91 Å². The van der Waals surface area contributed by atoms with Crippen LogP contribution in [0.5, 0.6) is 0 Å². The molecule has 1 unspecified atom stereocenters. The minimum Gasteiger partial charge on any atom is -0.336 e. The van der Waals surface area contributed by atoms with Gasteiger partial charge in [-0.25, -0.2) is 0 Å². The van der Waals surface area contributed by atoms with Crippen LogP contribution in [-0.2, 0) is 0 Å². The number of aromatic amines is 1. The van der Waals surface area contributed by atoms with E-state index in [0.717, 1.165) is 60.5 Å². The fraction of sp³-hybridized carbons (Fsp3) is 0.333. The lowest BCUT2D eigenvalue weighted by Crippen LogP contribution is -2.38. The number of amides is 1. The normalized spacial score (nSPS) is 15.5. The number of rotatable bonds is 5. The Bertz CT molecular complexity index is 1250. The van der Waals surface area contributed by atoms with Crippen LogP contribution in [0.3, 0.4) is 0 Å². The number of likely N-dealkylation sites (tertiary alicyclic amines) is 1. The van der Waals surface area contributed by atoms with Crippen LogP contribution in [-0.4, -0.2) is 58.1 Å². The quantitative estimate of drug-likeness (QED) is 0.466. The maximum absolute atomic E-state index is 13.2. The molecule has 0 spiro atoms. The summed E-state index contributed by atoms with van der Waals surface area (Å²) in [7, 11) is 0. The Morgan fingerprint density at radius 1 is 1.12 bits per heavy atom. The van der Waals surface area contributed by atoms with E-state index in [2.05, 4.69) is 40.8 Å². The summed E-state index contributed by atoms with van der Waals surface area (Å²) in [6, 6.07) is 13.6. The lowest BCUT2D eigenvalue weighted by Gasteiger charge is -2.26. The summed E-state index contributed by atoms with van der Waals surface area (Å²) < 4.78 is 0. The third-order valence-corrected chi connectivity index (χ3v) is 7.15. The molecule has 1 saturated heterocycles. The second-order valence-electron chi connectivity index (χ2n) is 8.45. The molecule has 1 aliphatic heterocycles. The Balaban J connectivity index is 1.53. The second kappa shape index (κ2) is 10.7. The molecule has 176 valence electrons. The van der Waals surface area contributed by atoms with Crippen LogP contribution in [0.2, 0.25) is 10.0 Å². The molecule has 5 nitrogen and oxygen atoms in total. The van der Waals surface area contributed by atoms with E-state index in [1.165, 1.54) is 0 Å². The van der Waals surface area contributed by atoms with E-state index in [-0.39, 0.29) is 5.91 Å². The summed E-state index contributed by atoms with van der Waals surface area (Å²) in [5.41, 5.74) is 4.73. The van der Waals surface area contributed by atoms with Crippen LogP contribution in [0, 0.1) is 18.8 Å². The first-order chi connectivity index (χ1) is 16.4. The second-order valence-corrected chi connectivity index (χ2v) is 9.26. The lowest BCUT2D eigenvalue weighted by molar-refractivity contribution is 0.0771. The summed E-state index contributed by atoms with van der Waals surface area (Å²) in [6.07, 6.45) is 1.01. The maximum atomic E-state index is 13.2. The smallest absolute Gasteiger partial charge is 0.272 e.